The molecule has 0 atom stereocenters. The van der Waals surface area contributed by atoms with Gasteiger partial charge in [-0.3, -0.25) is 14.4 Å². The highest BCUT2D eigenvalue weighted by atomic mass is 16.5. The number of nitrogens with one attached hydrogen (secondary N) is 4. The van der Waals surface area contributed by atoms with Gasteiger partial charge in [0.25, 0.3) is 11.8 Å². The number of carbonyl (C=O) groups excluding carboxylic acids is 3. The summed E-state index contributed by atoms with van der Waals surface area (Å²) in [4.78, 5) is 37.3. The summed E-state index contributed by atoms with van der Waals surface area (Å²) in [7, 11) is 1.62. The first-order valence-corrected chi connectivity index (χ1v) is 11.9. The minimum Gasteiger partial charge on any atom is -0.385 e. The molecule has 1 fully saturated rings. The monoisotopic (exact) mass is 466 g/mol. The lowest BCUT2D eigenvalue weighted by molar-refractivity contribution is -0.114. The van der Waals surface area contributed by atoms with E-state index in [1.54, 1.807) is 55.6 Å². The summed E-state index contributed by atoms with van der Waals surface area (Å²) in [5, 5.41) is 11.8. The molecule has 0 aliphatic heterocycles. The first-order chi connectivity index (χ1) is 16.5. The van der Waals surface area contributed by atoms with E-state index in [0.29, 0.717) is 35.7 Å². The van der Waals surface area contributed by atoms with Gasteiger partial charge >= 0.3 is 0 Å². The van der Waals surface area contributed by atoms with E-state index in [4.69, 9.17) is 4.74 Å². The molecule has 2 aromatic carbocycles. The van der Waals surface area contributed by atoms with Crippen molar-refractivity contribution in [1.82, 2.24) is 10.6 Å². The van der Waals surface area contributed by atoms with Gasteiger partial charge in [-0.25, -0.2) is 0 Å². The van der Waals surface area contributed by atoms with Crippen LogP contribution in [0.4, 0.5) is 11.4 Å². The van der Waals surface area contributed by atoms with Crippen LogP contribution in [0.15, 0.2) is 48.5 Å². The molecule has 8 nitrogen and oxygen atoms in total. The van der Waals surface area contributed by atoms with Gasteiger partial charge in [-0.15, -0.1) is 0 Å². The Morgan fingerprint density at radius 1 is 0.912 bits per heavy atom. The van der Waals surface area contributed by atoms with E-state index >= 15 is 0 Å². The van der Waals surface area contributed by atoms with Gasteiger partial charge < -0.3 is 26.0 Å². The van der Waals surface area contributed by atoms with E-state index in [1.807, 2.05) is 0 Å². The number of anilines is 2. The van der Waals surface area contributed by atoms with E-state index in [9.17, 15) is 14.4 Å². The van der Waals surface area contributed by atoms with E-state index in [2.05, 4.69) is 21.3 Å². The van der Waals surface area contributed by atoms with Crippen LogP contribution in [0.1, 0.15) is 59.2 Å². The molecule has 0 bridgehead atoms. The third-order valence-corrected chi connectivity index (χ3v) is 5.74. The van der Waals surface area contributed by atoms with Crippen molar-refractivity contribution in [2.45, 2.75) is 44.6 Å². The first-order valence-electron chi connectivity index (χ1n) is 11.9. The average molecular weight is 467 g/mol. The van der Waals surface area contributed by atoms with Gasteiger partial charge in [-0.1, -0.05) is 31.4 Å². The van der Waals surface area contributed by atoms with Crippen LogP contribution in [0.25, 0.3) is 0 Å². The Labute approximate surface area is 200 Å². The van der Waals surface area contributed by atoms with Gasteiger partial charge in [-0.2, -0.15) is 0 Å². The molecular formula is C26H34N4O4. The summed E-state index contributed by atoms with van der Waals surface area (Å²) in [5.41, 5.74) is 2.27. The lowest BCUT2D eigenvalue weighted by atomic mass is 9.95. The van der Waals surface area contributed by atoms with Crippen LogP contribution in [-0.4, -0.2) is 50.6 Å². The maximum Gasteiger partial charge on any atom is 0.251 e. The fraction of sp³-hybridized carbons (Fsp3) is 0.423. The topological polar surface area (TPSA) is 109 Å². The van der Waals surface area contributed by atoms with Gasteiger partial charge in [0.15, 0.2) is 0 Å². The number of carbonyl (C=O) groups is 3. The third kappa shape index (κ3) is 8.19. The average Bonchev–Trinajstić information content (AvgIpc) is 2.86. The van der Waals surface area contributed by atoms with Crippen molar-refractivity contribution in [3.8, 4) is 0 Å². The van der Waals surface area contributed by atoms with E-state index < -0.39 is 0 Å². The Hall–Kier alpha value is -3.39. The van der Waals surface area contributed by atoms with Crippen LogP contribution >= 0.6 is 0 Å². The van der Waals surface area contributed by atoms with Crippen LogP contribution < -0.4 is 21.3 Å². The molecular weight excluding hydrogens is 432 g/mol. The second kappa shape index (κ2) is 13.3. The number of methoxy groups -OCH3 is 1. The molecule has 0 radical (unpaired) electrons. The lowest BCUT2D eigenvalue weighted by Gasteiger charge is -2.22. The molecule has 0 aromatic heterocycles. The highest BCUT2D eigenvalue weighted by Crippen LogP contribution is 2.18. The van der Waals surface area contributed by atoms with E-state index in [0.717, 1.165) is 32.1 Å². The van der Waals surface area contributed by atoms with Crippen LogP contribution in [0, 0.1) is 0 Å². The molecule has 3 amide bonds. The summed E-state index contributed by atoms with van der Waals surface area (Å²) in [6.45, 7) is 1.15. The van der Waals surface area contributed by atoms with E-state index in [-0.39, 0.29) is 30.3 Å². The van der Waals surface area contributed by atoms with Gasteiger partial charge in [0.1, 0.15) is 0 Å². The maximum atomic E-state index is 12.6. The fourth-order valence-corrected chi connectivity index (χ4v) is 3.93. The maximum absolute atomic E-state index is 12.6. The predicted octanol–water partition coefficient (Wildman–Crippen LogP) is 3.57. The molecule has 0 heterocycles. The van der Waals surface area contributed by atoms with Crippen molar-refractivity contribution >= 4 is 29.1 Å². The number of hydrogen-bond donors (Lipinski definition) is 4. The molecule has 8 heteroatoms. The van der Waals surface area contributed by atoms with Gasteiger partial charge in [0.2, 0.25) is 5.91 Å². The number of benzene rings is 2. The number of amides is 3. The quantitative estimate of drug-likeness (QED) is 0.379. The van der Waals surface area contributed by atoms with Crippen LogP contribution in [-0.2, 0) is 9.53 Å². The zero-order valence-electron chi connectivity index (χ0n) is 19.7. The SMILES string of the molecule is COCCCNC(=O)c1cccc(NCC(=O)Nc2cccc(C(=O)NC3CCCCC3)c2)c1. The van der Waals surface area contributed by atoms with Crippen LogP contribution in [0.3, 0.4) is 0 Å². The van der Waals surface area contributed by atoms with Crippen molar-refractivity contribution < 1.29 is 19.1 Å². The predicted molar refractivity (Wildman–Crippen MR) is 133 cm³/mol. The summed E-state index contributed by atoms with van der Waals surface area (Å²) < 4.78 is 4.98. The Morgan fingerprint density at radius 3 is 2.32 bits per heavy atom. The summed E-state index contributed by atoms with van der Waals surface area (Å²) in [6, 6.07) is 14.2. The largest absolute Gasteiger partial charge is 0.385 e. The summed E-state index contributed by atoms with van der Waals surface area (Å²) in [6.07, 6.45) is 6.30. The van der Waals surface area contributed by atoms with Gasteiger partial charge in [-0.05, 0) is 55.7 Å². The van der Waals surface area contributed by atoms with Gasteiger partial charge in [0, 0.05) is 48.8 Å². The summed E-state index contributed by atoms with van der Waals surface area (Å²) in [5.74, 6) is -0.537. The molecule has 34 heavy (non-hydrogen) atoms. The zero-order valence-corrected chi connectivity index (χ0v) is 19.7. The fourth-order valence-electron chi connectivity index (χ4n) is 3.93. The Balaban J connectivity index is 1.48. The third-order valence-electron chi connectivity index (χ3n) is 5.74. The molecule has 1 saturated carbocycles. The molecule has 2 aromatic rings. The smallest absolute Gasteiger partial charge is 0.251 e. The normalized spacial score (nSPS) is 13.7. The molecule has 1 aliphatic rings. The highest BCUT2D eigenvalue weighted by Gasteiger charge is 2.17. The molecule has 3 rings (SSSR count). The molecule has 4 N–H and O–H groups in total. The van der Waals surface area contributed by atoms with Crippen LogP contribution in [0.5, 0.6) is 0 Å². The second-order valence-electron chi connectivity index (χ2n) is 8.47. The van der Waals surface area contributed by atoms with E-state index in [1.165, 1.54) is 6.42 Å². The Morgan fingerprint density at radius 2 is 1.59 bits per heavy atom. The Bertz CT molecular complexity index is 973. The van der Waals surface area contributed by atoms with Crippen molar-refractivity contribution in [3.63, 3.8) is 0 Å². The number of rotatable bonds is 11. The minimum absolute atomic E-state index is 0.0252. The first kappa shape index (κ1) is 25.2. The molecule has 0 spiro atoms. The van der Waals surface area contributed by atoms with Crippen molar-refractivity contribution in [2.75, 3.05) is 37.4 Å². The minimum atomic E-state index is -0.251. The molecule has 1 aliphatic carbocycles. The molecule has 0 saturated heterocycles. The number of ether oxygens (including phenoxy) is 1. The highest BCUT2D eigenvalue weighted by molar-refractivity contribution is 5.98. The Kier molecular flexibility index (Phi) is 9.91. The van der Waals surface area contributed by atoms with Crippen molar-refractivity contribution in [3.05, 3.63) is 59.7 Å². The van der Waals surface area contributed by atoms with Crippen molar-refractivity contribution in [2.24, 2.45) is 0 Å². The van der Waals surface area contributed by atoms with Crippen molar-refractivity contribution in [1.29, 1.82) is 0 Å². The lowest BCUT2D eigenvalue weighted by Crippen LogP contribution is -2.36. The number of hydrogen-bond acceptors (Lipinski definition) is 5. The molecule has 0 unspecified atom stereocenters. The zero-order chi connectivity index (χ0) is 24.2. The summed E-state index contributed by atoms with van der Waals surface area (Å²) >= 11 is 0. The molecule has 182 valence electrons. The standard InChI is InChI=1S/C26H34N4O4/c1-34-15-7-14-27-25(32)19-8-5-12-22(16-19)28-18-24(31)29-23-13-6-9-20(17-23)26(33)30-21-10-3-2-4-11-21/h5-6,8-9,12-13,16-17,21,28H,2-4,7,10-11,14-15,18H2,1H3,(H,27,32)(H,29,31)(H,30,33). The second-order valence-corrected chi connectivity index (χ2v) is 8.47. The van der Waals surface area contributed by atoms with Gasteiger partial charge in [0.05, 0.1) is 6.54 Å². The van der Waals surface area contributed by atoms with Crippen LogP contribution in [0.2, 0.25) is 0 Å².